The van der Waals surface area contributed by atoms with E-state index in [2.05, 4.69) is 5.32 Å². The molecule has 0 saturated carbocycles. The molecule has 1 rings (SSSR count). The van der Waals surface area contributed by atoms with E-state index in [1.165, 1.54) is 6.92 Å². The molecule has 1 aromatic carbocycles. The summed E-state index contributed by atoms with van der Waals surface area (Å²) in [5.41, 5.74) is 6.08. The molecule has 15 heavy (non-hydrogen) atoms. The first-order chi connectivity index (χ1) is 7.11. The minimum Gasteiger partial charge on any atom is -0.369 e. The van der Waals surface area contributed by atoms with E-state index in [9.17, 15) is 9.59 Å². The van der Waals surface area contributed by atoms with Crippen molar-refractivity contribution in [1.29, 1.82) is 0 Å². The molecule has 0 aliphatic carbocycles. The lowest BCUT2D eigenvalue weighted by Crippen LogP contribution is -2.33. The Labute approximate surface area is 88.5 Å². The van der Waals surface area contributed by atoms with E-state index in [-0.39, 0.29) is 12.5 Å². The number of nitrogens with two attached hydrogens (primary N) is 1. The molecule has 0 radical (unpaired) electrons. The second kappa shape index (κ2) is 5.14. The van der Waals surface area contributed by atoms with E-state index in [1.54, 1.807) is 0 Å². The van der Waals surface area contributed by atoms with Gasteiger partial charge in [0.1, 0.15) is 0 Å². The maximum absolute atomic E-state index is 11.2. The molecule has 2 amide bonds. The van der Waals surface area contributed by atoms with Crippen LogP contribution in [0.5, 0.6) is 0 Å². The molecule has 4 heteroatoms. The molecule has 0 spiro atoms. The molecule has 80 valence electrons. The summed E-state index contributed by atoms with van der Waals surface area (Å²) in [6.07, 6.45) is 0. The van der Waals surface area contributed by atoms with Gasteiger partial charge in [-0.1, -0.05) is 30.3 Å². The van der Waals surface area contributed by atoms with E-state index in [0.29, 0.717) is 0 Å². The van der Waals surface area contributed by atoms with Crippen LogP contribution in [-0.4, -0.2) is 18.4 Å². The summed E-state index contributed by atoms with van der Waals surface area (Å²) in [4.78, 5) is 21.9. The standard InChI is InChI=1S/C11H14N2O2/c1-8(14)13-7-10(11(12)15)9-5-3-2-4-6-9/h2-6,10H,7H2,1H3,(H2,12,15)(H,13,14). The highest BCUT2D eigenvalue weighted by molar-refractivity contribution is 5.83. The van der Waals surface area contributed by atoms with Gasteiger partial charge in [-0.05, 0) is 5.56 Å². The molecule has 1 unspecified atom stereocenters. The van der Waals surface area contributed by atoms with E-state index >= 15 is 0 Å². The van der Waals surface area contributed by atoms with Crippen LogP contribution in [0.15, 0.2) is 30.3 Å². The molecule has 0 aliphatic rings. The number of hydrogen-bond acceptors (Lipinski definition) is 2. The number of amides is 2. The third-order valence-corrected chi connectivity index (χ3v) is 2.10. The van der Waals surface area contributed by atoms with Crippen LogP contribution in [0.3, 0.4) is 0 Å². The van der Waals surface area contributed by atoms with Gasteiger partial charge in [-0.15, -0.1) is 0 Å². The first-order valence-electron chi connectivity index (χ1n) is 4.70. The second-order valence-electron chi connectivity index (χ2n) is 3.30. The molecule has 0 aliphatic heterocycles. The number of primary amides is 1. The smallest absolute Gasteiger partial charge is 0.226 e. The van der Waals surface area contributed by atoms with Crippen LogP contribution < -0.4 is 11.1 Å². The summed E-state index contributed by atoms with van der Waals surface area (Å²) < 4.78 is 0. The fourth-order valence-corrected chi connectivity index (χ4v) is 1.31. The summed E-state index contributed by atoms with van der Waals surface area (Å²) in [7, 11) is 0. The zero-order chi connectivity index (χ0) is 11.3. The van der Waals surface area contributed by atoms with Crippen molar-refractivity contribution in [2.45, 2.75) is 12.8 Å². The van der Waals surface area contributed by atoms with Crippen molar-refractivity contribution in [2.75, 3.05) is 6.54 Å². The summed E-state index contributed by atoms with van der Waals surface area (Å²) in [6, 6.07) is 9.16. The number of carbonyl (C=O) groups excluding carboxylic acids is 2. The summed E-state index contributed by atoms with van der Waals surface area (Å²) >= 11 is 0. The van der Waals surface area contributed by atoms with Crippen molar-refractivity contribution in [2.24, 2.45) is 5.73 Å². The maximum Gasteiger partial charge on any atom is 0.226 e. The Balaban J connectivity index is 2.75. The largest absolute Gasteiger partial charge is 0.369 e. The quantitative estimate of drug-likeness (QED) is 0.748. The highest BCUT2D eigenvalue weighted by atomic mass is 16.2. The SMILES string of the molecule is CC(=O)NCC(C(N)=O)c1ccccc1. The third kappa shape index (κ3) is 3.42. The lowest BCUT2D eigenvalue weighted by Gasteiger charge is -2.13. The van der Waals surface area contributed by atoms with Crippen LogP contribution in [0.4, 0.5) is 0 Å². The van der Waals surface area contributed by atoms with Gasteiger partial charge in [-0.2, -0.15) is 0 Å². The van der Waals surface area contributed by atoms with Gasteiger partial charge in [0.25, 0.3) is 0 Å². The molecule has 1 atom stereocenters. The Kier molecular flexibility index (Phi) is 3.85. The molecule has 0 aromatic heterocycles. The van der Waals surface area contributed by atoms with Gasteiger partial charge < -0.3 is 11.1 Å². The monoisotopic (exact) mass is 206 g/mol. The van der Waals surface area contributed by atoms with Gasteiger partial charge in [0, 0.05) is 13.5 Å². The average molecular weight is 206 g/mol. The molecule has 1 aromatic rings. The van der Waals surface area contributed by atoms with Crippen molar-refractivity contribution in [3.63, 3.8) is 0 Å². The predicted molar refractivity (Wildman–Crippen MR) is 57.1 cm³/mol. The molecule has 0 bridgehead atoms. The highest BCUT2D eigenvalue weighted by Gasteiger charge is 2.17. The highest BCUT2D eigenvalue weighted by Crippen LogP contribution is 2.13. The zero-order valence-electron chi connectivity index (χ0n) is 8.57. The van der Waals surface area contributed by atoms with Crippen molar-refractivity contribution in [3.8, 4) is 0 Å². The van der Waals surface area contributed by atoms with Gasteiger partial charge in [0.15, 0.2) is 0 Å². The number of benzene rings is 1. The summed E-state index contributed by atoms with van der Waals surface area (Å²) in [6.45, 7) is 1.65. The summed E-state index contributed by atoms with van der Waals surface area (Å²) in [5.74, 6) is -1.07. The Bertz CT molecular complexity index is 349. The summed E-state index contributed by atoms with van der Waals surface area (Å²) in [5, 5.41) is 2.59. The fourth-order valence-electron chi connectivity index (χ4n) is 1.31. The Morgan fingerprint density at radius 3 is 2.40 bits per heavy atom. The molecule has 0 saturated heterocycles. The second-order valence-corrected chi connectivity index (χ2v) is 3.30. The van der Waals surface area contributed by atoms with Crippen molar-refractivity contribution in [1.82, 2.24) is 5.32 Å². The van der Waals surface area contributed by atoms with E-state index in [1.807, 2.05) is 30.3 Å². The Morgan fingerprint density at radius 1 is 1.33 bits per heavy atom. The number of rotatable bonds is 4. The van der Waals surface area contributed by atoms with Crippen molar-refractivity contribution >= 4 is 11.8 Å². The molecule has 3 N–H and O–H groups in total. The molecule has 4 nitrogen and oxygen atoms in total. The third-order valence-electron chi connectivity index (χ3n) is 2.10. The van der Waals surface area contributed by atoms with E-state index in [4.69, 9.17) is 5.73 Å². The van der Waals surface area contributed by atoms with Gasteiger partial charge in [-0.25, -0.2) is 0 Å². The topological polar surface area (TPSA) is 72.2 Å². The zero-order valence-corrected chi connectivity index (χ0v) is 8.57. The van der Waals surface area contributed by atoms with Crippen LogP contribution in [-0.2, 0) is 9.59 Å². The van der Waals surface area contributed by atoms with Gasteiger partial charge >= 0.3 is 0 Å². The van der Waals surface area contributed by atoms with Crippen molar-refractivity contribution < 1.29 is 9.59 Å². The lowest BCUT2D eigenvalue weighted by atomic mass is 9.98. The lowest BCUT2D eigenvalue weighted by molar-refractivity contribution is -0.120. The first kappa shape index (κ1) is 11.2. The Hall–Kier alpha value is -1.84. The molecular weight excluding hydrogens is 192 g/mol. The molecular formula is C11H14N2O2. The normalized spacial score (nSPS) is 11.8. The van der Waals surface area contributed by atoms with Gasteiger partial charge in [-0.3, -0.25) is 9.59 Å². The molecule has 0 fully saturated rings. The van der Waals surface area contributed by atoms with Crippen LogP contribution in [0, 0.1) is 0 Å². The average Bonchev–Trinajstić information content (AvgIpc) is 2.18. The Morgan fingerprint density at radius 2 is 1.93 bits per heavy atom. The van der Waals surface area contributed by atoms with E-state index < -0.39 is 11.8 Å². The van der Waals surface area contributed by atoms with Crippen LogP contribution in [0.1, 0.15) is 18.4 Å². The first-order valence-corrected chi connectivity index (χ1v) is 4.70. The number of carbonyl (C=O) groups is 2. The van der Waals surface area contributed by atoms with Crippen LogP contribution >= 0.6 is 0 Å². The minimum absolute atomic E-state index is 0.169. The predicted octanol–water partition coefficient (Wildman–Crippen LogP) is 0.392. The fraction of sp³-hybridized carbons (Fsp3) is 0.273. The molecule has 0 heterocycles. The van der Waals surface area contributed by atoms with E-state index in [0.717, 1.165) is 5.56 Å². The van der Waals surface area contributed by atoms with Gasteiger partial charge in [0.2, 0.25) is 11.8 Å². The van der Waals surface area contributed by atoms with Crippen LogP contribution in [0.2, 0.25) is 0 Å². The minimum atomic E-state index is -0.463. The number of nitrogens with one attached hydrogen (secondary N) is 1. The number of hydrogen-bond donors (Lipinski definition) is 2. The van der Waals surface area contributed by atoms with Gasteiger partial charge in [0.05, 0.1) is 5.92 Å². The maximum atomic E-state index is 11.2. The van der Waals surface area contributed by atoms with Crippen molar-refractivity contribution in [3.05, 3.63) is 35.9 Å². The van der Waals surface area contributed by atoms with Crippen LogP contribution in [0.25, 0.3) is 0 Å².